The number of hydrogen-bond acceptors (Lipinski definition) is 3. The summed E-state index contributed by atoms with van der Waals surface area (Å²) in [6.45, 7) is 10.6. The molecule has 2 rings (SSSR count). The van der Waals surface area contributed by atoms with Crippen molar-refractivity contribution in [2.75, 3.05) is 34.0 Å². The number of ether oxygens (including phenoxy) is 3. The molecule has 0 fully saturated rings. The lowest BCUT2D eigenvalue weighted by Gasteiger charge is -2.07. The van der Waals surface area contributed by atoms with Crippen LogP contribution in [0.5, 0.6) is 5.75 Å². The first-order valence-electron chi connectivity index (χ1n) is 10.4. The second kappa shape index (κ2) is 18.5. The Labute approximate surface area is 173 Å². The lowest BCUT2D eigenvalue weighted by molar-refractivity contribution is 0.172. The minimum absolute atomic E-state index is 0.721. The second-order valence-electron chi connectivity index (χ2n) is 6.34. The highest BCUT2D eigenvalue weighted by Gasteiger charge is 1.97. The fourth-order valence-corrected chi connectivity index (χ4v) is 2.56. The molecule has 0 aliphatic heterocycles. The molecule has 0 heterocycles. The number of aryl methyl sites for hydroxylation is 3. The minimum atomic E-state index is 0.721. The van der Waals surface area contributed by atoms with Crippen molar-refractivity contribution < 1.29 is 14.2 Å². The smallest absolute Gasteiger partial charge is 0.122 e. The highest BCUT2D eigenvalue weighted by Crippen LogP contribution is 2.16. The number of unbranched alkanes of at least 4 members (excludes halogenated alkanes) is 1. The quantitative estimate of drug-likeness (QED) is 0.441. The van der Waals surface area contributed by atoms with Crippen LogP contribution in [-0.2, 0) is 15.9 Å². The van der Waals surface area contributed by atoms with Crippen LogP contribution in [0.15, 0.2) is 48.5 Å². The zero-order valence-corrected chi connectivity index (χ0v) is 18.8. The van der Waals surface area contributed by atoms with Crippen LogP contribution in [0.25, 0.3) is 0 Å². The third-order valence-corrected chi connectivity index (χ3v) is 4.15. The van der Waals surface area contributed by atoms with Gasteiger partial charge in [0.2, 0.25) is 0 Å². The summed E-state index contributed by atoms with van der Waals surface area (Å²) < 4.78 is 15.5. The summed E-state index contributed by atoms with van der Waals surface area (Å²) in [4.78, 5) is 0. The topological polar surface area (TPSA) is 27.7 Å². The molecule has 0 unspecified atom stereocenters. The average molecular weight is 389 g/mol. The van der Waals surface area contributed by atoms with Crippen molar-refractivity contribution in [3.05, 3.63) is 65.2 Å². The van der Waals surface area contributed by atoms with Crippen molar-refractivity contribution in [3.8, 4) is 5.75 Å². The molecule has 0 N–H and O–H groups in total. The van der Waals surface area contributed by atoms with Crippen LogP contribution in [0.4, 0.5) is 0 Å². The van der Waals surface area contributed by atoms with Crippen LogP contribution < -0.4 is 4.74 Å². The van der Waals surface area contributed by atoms with Crippen LogP contribution >= 0.6 is 0 Å². The molecule has 0 aliphatic carbocycles. The molecule has 0 aliphatic rings. The normalized spacial score (nSPS) is 9.64. The summed E-state index contributed by atoms with van der Waals surface area (Å²) in [5.74, 6) is 0.971. The van der Waals surface area contributed by atoms with Gasteiger partial charge in [0.1, 0.15) is 5.75 Å². The Morgan fingerprint density at radius 1 is 0.643 bits per heavy atom. The Kier molecular flexibility index (Phi) is 17.3. The third kappa shape index (κ3) is 12.5. The van der Waals surface area contributed by atoms with Gasteiger partial charge in [-0.2, -0.15) is 0 Å². The maximum Gasteiger partial charge on any atom is 0.122 e. The summed E-state index contributed by atoms with van der Waals surface area (Å²) >= 11 is 0. The molecule has 0 spiro atoms. The van der Waals surface area contributed by atoms with E-state index in [1.54, 1.807) is 14.2 Å². The van der Waals surface area contributed by atoms with Crippen LogP contribution in [0, 0.1) is 13.8 Å². The Bertz CT molecular complexity index is 542. The number of para-hydroxylation sites is 1. The third-order valence-electron chi connectivity index (χ3n) is 4.15. The highest BCUT2D eigenvalue weighted by atomic mass is 16.5. The Morgan fingerprint density at radius 2 is 1.21 bits per heavy atom. The maximum absolute atomic E-state index is 5.56. The molecular weight excluding hydrogens is 348 g/mol. The van der Waals surface area contributed by atoms with E-state index < -0.39 is 0 Å². The summed E-state index contributed by atoms with van der Waals surface area (Å²) in [6, 6.07) is 16.6. The average Bonchev–Trinajstić information content (AvgIpc) is 2.73. The van der Waals surface area contributed by atoms with Gasteiger partial charge in [-0.3, -0.25) is 0 Å². The van der Waals surface area contributed by atoms with E-state index in [4.69, 9.17) is 14.2 Å². The molecule has 2 aromatic carbocycles. The molecule has 158 valence electrons. The van der Waals surface area contributed by atoms with E-state index in [1.165, 1.54) is 29.5 Å². The number of benzene rings is 2. The summed E-state index contributed by atoms with van der Waals surface area (Å²) in [5, 5.41) is 0. The molecule has 3 heteroatoms. The van der Waals surface area contributed by atoms with Crippen molar-refractivity contribution >= 4 is 0 Å². The van der Waals surface area contributed by atoms with Crippen LogP contribution in [0.3, 0.4) is 0 Å². The zero-order chi connectivity index (χ0) is 21.0. The maximum atomic E-state index is 5.56. The molecule has 0 saturated heterocycles. The van der Waals surface area contributed by atoms with E-state index in [1.807, 2.05) is 45.0 Å². The molecule has 3 nitrogen and oxygen atoms in total. The van der Waals surface area contributed by atoms with Gasteiger partial charge in [0.25, 0.3) is 0 Å². The second-order valence-corrected chi connectivity index (χ2v) is 6.34. The van der Waals surface area contributed by atoms with Crippen molar-refractivity contribution in [1.29, 1.82) is 0 Å². The van der Waals surface area contributed by atoms with Gasteiger partial charge >= 0.3 is 0 Å². The Morgan fingerprint density at radius 3 is 1.82 bits per heavy atom. The molecule has 0 saturated carbocycles. The molecule has 0 aromatic heterocycles. The first-order chi connectivity index (χ1) is 13.7. The van der Waals surface area contributed by atoms with Crippen LogP contribution in [-0.4, -0.2) is 34.0 Å². The predicted octanol–water partition coefficient (Wildman–Crippen LogP) is 6.40. The fraction of sp³-hybridized carbons (Fsp3) is 0.520. The van der Waals surface area contributed by atoms with Crippen LogP contribution in [0.1, 0.15) is 49.8 Å². The first kappa shape index (κ1) is 26.2. The van der Waals surface area contributed by atoms with Crippen LogP contribution in [0.2, 0.25) is 0 Å². The first-order valence-corrected chi connectivity index (χ1v) is 10.4. The van der Waals surface area contributed by atoms with Gasteiger partial charge in [-0.05, 0) is 55.9 Å². The number of methoxy groups -OCH3 is 2. The van der Waals surface area contributed by atoms with Gasteiger partial charge in [0.05, 0.1) is 6.61 Å². The van der Waals surface area contributed by atoms with Gasteiger partial charge < -0.3 is 14.2 Å². The molecule has 2 aromatic rings. The van der Waals surface area contributed by atoms with E-state index in [2.05, 4.69) is 31.2 Å². The molecule has 0 bridgehead atoms. The predicted molar refractivity (Wildman–Crippen MR) is 121 cm³/mol. The molecule has 0 atom stereocenters. The lowest BCUT2D eigenvalue weighted by atomic mass is 10.0. The van der Waals surface area contributed by atoms with Gasteiger partial charge in [-0.25, -0.2) is 0 Å². The number of hydrogen-bond donors (Lipinski definition) is 0. The van der Waals surface area contributed by atoms with Crippen molar-refractivity contribution in [1.82, 2.24) is 0 Å². The van der Waals surface area contributed by atoms with Gasteiger partial charge in [-0.15, -0.1) is 0 Å². The number of rotatable bonds is 10. The van der Waals surface area contributed by atoms with Crippen molar-refractivity contribution in [2.24, 2.45) is 0 Å². The zero-order valence-electron chi connectivity index (χ0n) is 18.8. The fourth-order valence-electron chi connectivity index (χ4n) is 2.56. The molecule has 0 radical (unpaired) electrons. The monoisotopic (exact) mass is 388 g/mol. The van der Waals surface area contributed by atoms with E-state index in [0.29, 0.717) is 0 Å². The van der Waals surface area contributed by atoms with Crippen molar-refractivity contribution in [3.63, 3.8) is 0 Å². The molecule has 0 amide bonds. The summed E-state index contributed by atoms with van der Waals surface area (Å²) in [6.07, 6.45) is 4.49. The molecular formula is C25H40O3. The van der Waals surface area contributed by atoms with E-state index in [0.717, 1.165) is 38.4 Å². The standard InChI is InChI=1S/C12H18O.C11H16O2.C2H6/c1-11-7-3-4-8-12(11)9-5-6-10-13-2;1-10-6-3-4-7-11(10)13-9-5-8-12-2;1-2/h3-4,7-8H,5-6,9-10H2,1-2H3;3-4,6-7H,5,8-9H2,1-2H3;1-2H3. The summed E-state index contributed by atoms with van der Waals surface area (Å²) in [7, 11) is 3.46. The van der Waals surface area contributed by atoms with Crippen molar-refractivity contribution in [2.45, 2.75) is 53.4 Å². The lowest BCUT2D eigenvalue weighted by Crippen LogP contribution is -2.02. The summed E-state index contributed by atoms with van der Waals surface area (Å²) in [5.41, 5.74) is 4.05. The van der Waals surface area contributed by atoms with Gasteiger partial charge in [-0.1, -0.05) is 56.3 Å². The largest absolute Gasteiger partial charge is 0.493 e. The van der Waals surface area contributed by atoms with E-state index >= 15 is 0 Å². The molecule has 28 heavy (non-hydrogen) atoms. The van der Waals surface area contributed by atoms with E-state index in [-0.39, 0.29) is 0 Å². The Hall–Kier alpha value is -1.84. The van der Waals surface area contributed by atoms with Gasteiger partial charge in [0, 0.05) is 33.9 Å². The minimum Gasteiger partial charge on any atom is -0.493 e. The van der Waals surface area contributed by atoms with Gasteiger partial charge in [0.15, 0.2) is 0 Å². The highest BCUT2D eigenvalue weighted by molar-refractivity contribution is 5.31. The Balaban J connectivity index is 0.000000478. The van der Waals surface area contributed by atoms with E-state index in [9.17, 15) is 0 Å². The SMILES string of the molecule is CC.COCCCCc1ccccc1C.COCCCOc1ccccc1C.